The molecule has 3 amide bonds. The van der Waals surface area contributed by atoms with Gasteiger partial charge in [-0.2, -0.15) is 0 Å². The van der Waals surface area contributed by atoms with Gasteiger partial charge in [-0.05, 0) is 37.3 Å². The molecule has 0 spiro atoms. The van der Waals surface area contributed by atoms with Crippen LogP contribution in [-0.4, -0.2) is 38.7 Å². The van der Waals surface area contributed by atoms with Gasteiger partial charge in [-0.1, -0.05) is 42.5 Å². The molecular formula is C27H23N5O3. The van der Waals surface area contributed by atoms with Gasteiger partial charge >= 0.3 is 0 Å². The van der Waals surface area contributed by atoms with E-state index in [9.17, 15) is 14.4 Å². The second-order valence-electron chi connectivity index (χ2n) is 8.89. The lowest BCUT2D eigenvalue weighted by Gasteiger charge is -2.40. The Kier molecular flexibility index (Phi) is 4.70. The molecule has 1 aromatic heterocycles. The fourth-order valence-electron chi connectivity index (χ4n) is 5.19. The predicted octanol–water partition coefficient (Wildman–Crippen LogP) is 3.57. The van der Waals surface area contributed by atoms with E-state index in [2.05, 4.69) is 10.3 Å². The normalized spacial score (nSPS) is 17.3. The van der Waals surface area contributed by atoms with Gasteiger partial charge in [0.25, 0.3) is 11.8 Å². The number of carbonyl (C=O) groups excluding carboxylic acids is 3. The summed E-state index contributed by atoms with van der Waals surface area (Å²) in [7, 11) is 1.91. The number of benzene rings is 3. The quantitative estimate of drug-likeness (QED) is 0.499. The van der Waals surface area contributed by atoms with Crippen molar-refractivity contribution in [3.05, 3.63) is 95.3 Å². The SMILES string of the molecule is C[C@H](NC(=O)CN1C(=O)c2ccccc2N2C(=O)c3ccccc3C12)c1nc2ccccc2n1C. The summed E-state index contributed by atoms with van der Waals surface area (Å²) in [6, 6.07) is 21.7. The molecule has 8 heteroatoms. The molecule has 0 fully saturated rings. The van der Waals surface area contributed by atoms with E-state index in [1.54, 1.807) is 41.3 Å². The first-order chi connectivity index (χ1) is 17.0. The highest BCUT2D eigenvalue weighted by molar-refractivity contribution is 6.17. The van der Waals surface area contributed by atoms with E-state index in [0.29, 0.717) is 16.8 Å². The van der Waals surface area contributed by atoms with Gasteiger partial charge in [-0.3, -0.25) is 19.3 Å². The van der Waals surface area contributed by atoms with Crippen LogP contribution in [0.2, 0.25) is 0 Å². The van der Waals surface area contributed by atoms with Crippen molar-refractivity contribution in [1.29, 1.82) is 0 Å². The summed E-state index contributed by atoms with van der Waals surface area (Å²) in [5.74, 6) is -0.0622. The number of aromatic nitrogens is 2. The highest BCUT2D eigenvalue weighted by Gasteiger charge is 2.48. The Morgan fingerprint density at radius 2 is 1.63 bits per heavy atom. The summed E-state index contributed by atoms with van der Waals surface area (Å²) < 4.78 is 1.95. The molecule has 1 N–H and O–H groups in total. The lowest BCUT2D eigenvalue weighted by molar-refractivity contribution is -0.123. The monoisotopic (exact) mass is 465 g/mol. The molecular weight excluding hydrogens is 442 g/mol. The van der Waals surface area contributed by atoms with E-state index in [-0.39, 0.29) is 30.3 Å². The fourth-order valence-corrected chi connectivity index (χ4v) is 5.19. The van der Waals surface area contributed by atoms with Crippen molar-refractivity contribution < 1.29 is 14.4 Å². The number of amides is 3. The van der Waals surface area contributed by atoms with Crippen LogP contribution in [0.25, 0.3) is 11.0 Å². The van der Waals surface area contributed by atoms with E-state index in [1.807, 2.05) is 54.9 Å². The molecule has 35 heavy (non-hydrogen) atoms. The third-order valence-corrected chi connectivity index (χ3v) is 6.78. The first kappa shape index (κ1) is 21.1. The van der Waals surface area contributed by atoms with Crippen molar-refractivity contribution in [3.63, 3.8) is 0 Å². The average molecular weight is 466 g/mol. The number of imidazole rings is 1. The number of hydrogen-bond donors (Lipinski definition) is 1. The topological polar surface area (TPSA) is 87.5 Å². The molecule has 0 saturated carbocycles. The lowest BCUT2D eigenvalue weighted by Crippen LogP contribution is -2.51. The van der Waals surface area contributed by atoms with Crippen LogP contribution in [0.5, 0.6) is 0 Å². The summed E-state index contributed by atoms with van der Waals surface area (Å²) >= 11 is 0. The third kappa shape index (κ3) is 3.13. The van der Waals surface area contributed by atoms with Crippen LogP contribution in [0, 0.1) is 0 Å². The van der Waals surface area contributed by atoms with E-state index in [0.717, 1.165) is 22.4 Å². The van der Waals surface area contributed by atoms with Crippen LogP contribution in [0.1, 0.15) is 51.2 Å². The summed E-state index contributed by atoms with van der Waals surface area (Å²) in [6.45, 7) is 1.68. The highest BCUT2D eigenvalue weighted by Crippen LogP contribution is 2.44. The first-order valence-electron chi connectivity index (χ1n) is 11.5. The number of nitrogens with one attached hydrogen (secondary N) is 1. The molecule has 8 nitrogen and oxygen atoms in total. The second-order valence-corrected chi connectivity index (χ2v) is 8.89. The minimum absolute atomic E-state index is 0.177. The molecule has 3 aromatic carbocycles. The molecule has 6 rings (SSSR count). The Bertz CT molecular complexity index is 1520. The number of hydrogen-bond acceptors (Lipinski definition) is 4. The maximum atomic E-state index is 13.5. The molecule has 174 valence electrons. The van der Waals surface area contributed by atoms with E-state index in [4.69, 9.17) is 0 Å². The zero-order valence-corrected chi connectivity index (χ0v) is 19.3. The first-order valence-corrected chi connectivity index (χ1v) is 11.5. The molecule has 3 heterocycles. The Morgan fingerprint density at radius 3 is 2.43 bits per heavy atom. The van der Waals surface area contributed by atoms with Crippen LogP contribution in [0.15, 0.2) is 72.8 Å². The van der Waals surface area contributed by atoms with Gasteiger partial charge < -0.3 is 14.8 Å². The van der Waals surface area contributed by atoms with Crippen molar-refractivity contribution in [2.75, 3.05) is 11.4 Å². The predicted molar refractivity (Wildman–Crippen MR) is 131 cm³/mol. The van der Waals surface area contributed by atoms with Crippen LogP contribution < -0.4 is 10.2 Å². The Labute approximate surface area is 201 Å². The van der Waals surface area contributed by atoms with Crippen molar-refractivity contribution in [3.8, 4) is 0 Å². The van der Waals surface area contributed by atoms with Crippen molar-refractivity contribution in [1.82, 2.24) is 19.8 Å². The largest absolute Gasteiger partial charge is 0.345 e. The van der Waals surface area contributed by atoms with Crippen LogP contribution in [0.4, 0.5) is 5.69 Å². The van der Waals surface area contributed by atoms with Gasteiger partial charge in [-0.15, -0.1) is 0 Å². The number of carbonyl (C=O) groups is 3. The van der Waals surface area contributed by atoms with Gasteiger partial charge in [-0.25, -0.2) is 4.98 Å². The molecule has 2 aliphatic heterocycles. The fraction of sp³-hybridized carbons (Fsp3) is 0.185. The number of nitrogens with zero attached hydrogens (tertiary/aromatic N) is 4. The molecule has 2 atom stereocenters. The molecule has 2 aliphatic rings. The van der Waals surface area contributed by atoms with Crippen molar-refractivity contribution in [2.24, 2.45) is 7.05 Å². The number of para-hydroxylation sites is 3. The smallest absolute Gasteiger partial charge is 0.260 e. The van der Waals surface area contributed by atoms with Gasteiger partial charge in [0, 0.05) is 18.2 Å². The molecule has 4 aromatic rings. The third-order valence-electron chi connectivity index (χ3n) is 6.78. The minimum atomic E-state index is -0.669. The molecule has 0 bridgehead atoms. The van der Waals surface area contributed by atoms with E-state index < -0.39 is 6.17 Å². The zero-order chi connectivity index (χ0) is 24.3. The van der Waals surface area contributed by atoms with Gasteiger partial charge in [0.05, 0.1) is 28.3 Å². The molecule has 0 saturated heterocycles. The summed E-state index contributed by atoms with van der Waals surface area (Å²) in [5, 5.41) is 2.99. The molecule has 0 aliphatic carbocycles. The number of anilines is 1. The van der Waals surface area contributed by atoms with Crippen LogP contribution in [0.3, 0.4) is 0 Å². The minimum Gasteiger partial charge on any atom is -0.345 e. The van der Waals surface area contributed by atoms with Crippen molar-refractivity contribution in [2.45, 2.75) is 19.1 Å². The van der Waals surface area contributed by atoms with Crippen molar-refractivity contribution >= 4 is 34.4 Å². The Hall–Kier alpha value is -4.46. The molecule has 0 radical (unpaired) electrons. The number of aryl methyl sites for hydroxylation is 1. The summed E-state index contributed by atoms with van der Waals surface area (Å²) in [5.41, 5.74) is 4.06. The van der Waals surface area contributed by atoms with Gasteiger partial charge in [0.1, 0.15) is 18.5 Å². The maximum absolute atomic E-state index is 13.5. The van der Waals surface area contributed by atoms with E-state index >= 15 is 0 Å². The highest BCUT2D eigenvalue weighted by atomic mass is 16.2. The Balaban J connectivity index is 1.32. The van der Waals surface area contributed by atoms with Crippen LogP contribution in [-0.2, 0) is 11.8 Å². The Morgan fingerprint density at radius 1 is 0.943 bits per heavy atom. The second kappa shape index (κ2) is 7.80. The number of fused-ring (bicyclic) bond motifs is 6. The summed E-state index contributed by atoms with van der Waals surface area (Å²) in [4.78, 5) is 47.8. The lowest BCUT2D eigenvalue weighted by atomic mass is 10.0. The number of rotatable bonds is 4. The standard InChI is InChI=1S/C27H23N5O3/c1-16(24-29-20-12-6-8-14-22(20)30(24)2)28-23(33)15-31-25-17-9-3-4-10-18(17)27(35)32(25)21-13-7-5-11-19(21)26(31)34/h3-14,16,25H,15H2,1-2H3,(H,28,33)/t16-,25?/m0/s1. The molecule has 1 unspecified atom stereocenters. The average Bonchev–Trinajstić information content (AvgIpc) is 3.37. The summed E-state index contributed by atoms with van der Waals surface area (Å²) in [6.07, 6.45) is -0.669. The van der Waals surface area contributed by atoms with Gasteiger partial charge in [0.15, 0.2) is 0 Å². The zero-order valence-electron chi connectivity index (χ0n) is 19.3. The maximum Gasteiger partial charge on any atom is 0.260 e. The van der Waals surface area contributed by atoms with Gasteiger partial charge in [0.2, 0.25) is 5.91 Å². The van der Waals surface area contributed by atoms with Crippen LogP contribution >= 0.6 is 0 Å². The van der Waals surface area contributed by atoms with E-state index in [1.165, 1.54) is 4.90 Å².